The number of rotatable bonds is 5. The molecule has 1 aliphatic carbocycles. The van der Waals surface area contributed by atoms with Gasteiger partial charge < -0.3 is 5.11 Å². The summed E-state index contributed by atoms with van der Waals surface area (Å²) >= 11 is 0. The van der Waals surface area contributed by atoms with Crippen LogP contribution in [0.25, 0.3) is 0 Å². The summed E-state index contributed by atoms with van der Waals surface area (Å²) in [6.07, 6.45) is 2.13. The molecule has 0 heterocycles. The number of hydrogen-bond acceptors (Lipinski definition) is 1. The largest absolute Gasteiger partial charge is 0.395 e. The third-order valence-electron chi connectivity index (χ3n) is 3.62. The van der Waals surface area contributed by atoms with Crippen LogP contribution in [0.4, 0.5) is 8.78 Å². The number of aliphatic hydroxyl groups excluding tert-OH is 1. The van der Waals surface area contributed by atoms with Gasteiger partial charge in [0.1, 0.15) is 0 Å². The Labute approximate surface area is 100 Å². The minimum atomic E-state index is -2.75. The molecule has 0 aliphatic heterocycles. The molecule has 0 atom stereocenters. The maximum absolute atomic E-state index is 13.8. The van der Waals surface area contributed by atoms with Gasteiger partial charge in [0, 0.05) is 17.4 Å². The van der Waals surface area contributed by atoms with Gasteiger partial charge in [0.25, 0.3) is 5.92 Å². The fourth-order valence-corrected chi connectivity index (χ4v) is 2.22. The van der Waals surface area contributed by atoms with Crippen LogP contribution in [-0.2, 0) is 11.3 Å². The molecule has 1 fully saturated rings. The lowest BCUT2D eigenvalue weighted by atomic mass is 9.93. The normalized spacial score (nSPS) is 18.1. The van der Waals surface area contributed by atoms with Gasteiger partial charge >= 0.3 is 0 Å². The Morgan fingerprint density at radius 1 is 1.35 bits per heavy atom. The summed E-state index contributed by atoms with van der Waals surface area (Å²) in [6.45, 7) is 1.81. The summed E-state index contributed by atoms with van der Waals surface area (Å²) < 4.78 is 27.6. The molecule has 1 nitrogen and oxygen atoms in total. The van der Waals surface area contributed by atoms with E-state index in [9.17, 15) is 13.9 Å². The van der Waals surface area contributed by atoms with Crippen LogP contribution in [0, 0.1) is 0 Å². The van der Waals surface area contributed by atoms with Crippen LogP contribution in [0.15, 0.2) is 24.3 Å². The number of halogens is 2. The highest BCUT2D eigenvalue weighted by molar-refractivity contribution is 5.36. The van der Waals surface area contributed by atoms with Crippen molar-refractivity contribution in [3.63, 3.8) is 0 Å². The van der Waals surface area contributed by atoms with Crippen molar-refractivity contribution < 1.29 is 13.9 Å². The van der Waals surface area contributed by atoms with Crippen molar-refractivity contribution in [2.45, 2.75) is 43.9 Å². The second-order valence-electron chi connectivity index (χ2n) is 4.97. The first-order valence-corrected chi connectivity index (χ1v) is 6.14. The summed E-state index contributed by atoms with van der Waals surface area (Å²) in [5.74, 6) is -2.75. The Morgan fingerprint density at radius 3 is 2.59 bits per heavy atom. The van der Waals surface area contributed by atoms with E-state index in [-0.39, 0.29) is 24.0 Å². The molecule has 0 bridgehead atoms. The van der Waals surface area contributed by atoms with E-state index in [2.05, 4.69) is 0 Å². The molecule has 94 valence electrons. The first kappa shape index (κ1) is 12.5. The predicted molar refractivity (Wildman–Crippen MR) is 63.2 cm³/mol. The standard InChI is InChI=1S/C14H18F2O/c1-2-6-14(15,16)12-5-3-4-11(9-12)13(10-17)7-8-13/h3-5,9,17H,2,6-8,10H2,1H3. The molecule has 0 unspecified atom stereocenters. The van der Waals surface area contributed by atoms with Crippen LogP contribution < -0.4 is 0 Å². The van der Waals surface area contributed by atoms with Gasteiger partial charge in [0.2, 0.25) is 0 Å². The lowest BCUT2D eigenvalue weighted by Crippen LogP contribution is -2.16. The highest BCUT2D eigenvalue weighted by atomic mass is 19.3. The van der Waals surface area contributed by atoms with Crippen LogP contribution >= 0.6 is 0 Å². The second kappa shape index (κ2) is 4.37. The Hall–Kier alpha value is -0.960. The van der Waals surface area contributed by atoms with Crippen LogP contribution in [0.2, 0.25) is 0 Å². The van der Waals surface area contributed by atoms with E-state index in [0.717, 1.165) is 18.4 Å². The van der Waals surface area contributed by atoms with Crippen molar-refractivity contribution in [3.8, 4) is 0 Å². The van der Waals surface area contributed by atoms with Gasteiger partial charge in [-0.05, 0) is 24.5 Å². The van der Waals surface area contributed by atoms with Gasteiger partial charge in [0.05, 0.1) is 6.61 Å². The predicted octanol–water partition coefficient (Wildman–Crippen LogP) is 3.60. The maximum atomic E-state index is 13.8. The highest BCUT2D eigenvalue weighted by Gasteiger charge is 2.44. The zero-order valence-electron chi connectivity index (χ0n) is 10.0. The zero-order chi connectivity index (χ0) is 12.5. The number of hydrogen-bond donors (Lipinski definition) is 1. The molecule has 0 amide bonds. The third-order valence-corrected chi connectivity index (χ3v) is 3.62. The van der Waals surface area contributed by atoms with Crippen LogP contribution in [0.1, 0.15) is 43.7 Å². The van der Waals surface area contributed by atoms with Crippen LogP contribution in [0.3, 0.4) is 0 Å². The Bertz CT molecular complexity index is 397. The monoisotopic (exact) mass is 240 g/mol. The topological polar surface area (TPSA) is 20.2 Å². The SMILES string of the molecule is CCCC(F)(F)c1cccc(C2(CO)CC2)c1. The molecular formula is C14H18F2O. The highest BCUT2D eigenvalue weighted by Crippen LogP contribution is 2.48. The number of aliphatic hydroxyl groups is 1. The van der Waals surface area contributed by atoms with E-state index in [1.807, 2.05) is 6.07 Å². The molecule has 1 saturated carbocycles. The quantitative estimate of drug-likeness (QED) is 0.833. The number of benzene rings is 1. The second-order valence-corrected chi connectivity index (χ2v) is 4.97. The van der Waals surface area contributed by atoms with Crippen molar-refractivity contribution in [3.05, 3.63) is 35.4 Å². The first-order valence-electron chi connectivity index (χ1n) is 6.14. The van der Waals surface area contributed by atoms with E-state index in [1.165, 1.54) is 6.07 Å². The lowest BCUT2D eigenvalue weighted by molar-refractivity contribution is -0.0141. The molecule has 1 N–H and O–H groups in total. The number of alkyl halides is 2. The van der Waals surface area contributed by atoms with E-state index in [0.29, 0.717) is 6.42 Å². The Balaban J connectivity index is 2.29. The average molecular weight is 240 g/mol. The van der Waals surface area contributed by atoms with E-state index in [4.69, 9.17) is 0 Å². The lowest BCUT2D eigenvalue weighted by Gasteiger charge is -2.19. The van der Waals surface area contributed by atoms with Crippen molar-refractivity contribution in [1.82, 2.24) is 0 Å². The van der Waals surface area contributed by atoms with Crippen molar-refractivity contribution >= 4 is 0 Å². The molecule has 0 saturated heterocycles. The van der Waals surface area contributed by atoms with Crippen LogP contribution in [-0.4, -0.2) is 11.7 Å². The summed E-state index contributed by atoms with van der Waals surface area (Å²) in [5.41, 5.74) is 0.697. The molecule has 1 aromatic carbocycles. The Morgan fingerprint density at radius 2 is 2.06 bits per heavy atom. The van der Waals surface area contributed by atoms with E-state index < -0.39 is 5.92 Å². The molecule has 1 aromatic rings. The zero-order valence-corrected chi connectivity index (χ0v) is 10.0. The van der Waals surface area contributed by atoms with Crippen molar-refractivity contribution in [2.24, 2.45) is 0 Å². The van der Waals surface area contributed by atoms with Gasteiger partial charge in [-0.15, -0.1) is 0 Å². The van der Waals surface area contributed by atoms with Gasteiger partial charge in [-0.3, -0.25) is 0 Å². The van der Waals surface area contributed by atoms with Crippen molar-refractivity contribution in [1.29, 1.82) is 0 Å². The molecule has 1 aliphatic rings. The van der Waals surface area contributed by atoms with Gasteiger partial charge in [-0.1, -0.05) is 31.5 Å². The molecule has 0 aromatic heterocycles. The summed E-state index contributed by atoms with van der Waals surface area (Å²) in [5, 5.41) is 9.32. The van der Waals surface area contributed by atoms with Gasteiger partial charge in [0.15, 0.2) is 0 Å². The molecule has 3 heteroatoms. The summed E-state index contributed by atoms with van der Waals surface area (Å²) in [7, 11) is 0. The molecule has 0 spiro atoms. The third kappa shape index (κ3) is 2.34. The minimum Gasteiger partial charge on any atom is -0.395 e. The van der Waals surface area contributed by atoms with E-state index >= 15 is 0 Å². The fourth-order valence-electron chi connectivity index (χ4n) is 2.22. The molecule has 2 rings (SSSR count). The van der Waals surface area contributed by atoms with Crippen LogP contribution in [0.5, 0.6) is 0 Å². The van der Waals surface area contributed by atoms with Gasteiger partial charge in [-0.25, -0.2) is 8.78 Å². The molecule has 17 heavy (non-hydrogen) atoms. The van der Waals surface area contributed by atoms with E-state index in [1.54, 1.807) is 19.1 Å². The first-order chi connectivity index (χ1) is 8.04. The average Bonchev–Trinajstić information content (AvgIpc) is 3.10. The molecular weight excluding hydrogens is 222 g/mol. The fraction of sp³-hybridized carbons (Fsp3) is 0.571. The van der Waals surface area contributed by atoms with Gasteiger partial charge in [-0.2, -0.15) is 0 Å². The molecule has 0 radical (unpaired) electrons. The maximum Gasteiger partial charge on any atom is 0.273 e. The smallest absolute Gasteiger partial charge is 0.273 e. The Kier molecular flexibility index (Phi) is 3.21. The summed E-state index contributed by atoms with van der Waals surface area (Å²) in [6, 6.07) is 6.56. The summed E-state index contributed by atoms with van der Waals surface area (Å²) in [4.78, 5) is 0. The minimum absolute atomic E-state index is 0.0514. The van der Waals surface area contributed by atoms with Crippen molar-refractivity contribution in [2.75, 3.05) is 6.61 Å².